The van der Waals surface area contributed by atoms with E-state index in [4.69, 9.17) is 9.72 Å². The van der Waals surface area contributed by atoms with Crippen LogP contribution in [0.1, 0.15) is 40.0 Å². The highest BCUT2D eigenvalue weighted by molar-refractivity contribution is 6.02. The maximum absolute atomic E-state index is 13.0. The Kier molecular flexibility index (Phi) is 5.60. The van der Waals surface area contributed by atoms with Gasteiger partial charge in [0.05, 0.1) is 17.0 Å². The van der Waals surface area contributed by atoms with Gasteiger partial charge in [0.1, 0.15) is 12.3 Å². The molecule has 0 unspecified atom stereocenters. The van der Waals surface area contributed by atoms with Gasteiger partial charge >= 0.3 is 0 Å². The second-order valence-electron chi connectivity index (χ2n) is 10.4. The quantitative estimate of drug-likeness (QED) is 0.432. The smallest absolute Gasteiger partial charge is 0.253 e. The standard InChI is InChI=1S/C28H30N6O3/c1-4-23(35)31-21-11-17(15-30-27(21)37-10-9-34(2)3)20-12-19-16(14-29-20)5-6-18-24-22(32-25(18)19)13-28(7-8-28)33-26(24)36/h4,11-12,14-15,32H,1,5-10,13H2,2-3H3,(H,31,35)(H,33,36). The molecule has 2 aliphatic carbocycles. The van der Waals surface area contributed by atoms with E-state index in [0.29, 0.717) is 24.7 Å². The lowest BCUT2D eigenvalue weighted by molar-refractivity contribution is -0.111. The molecule has 1 saturated carbocycles. The number of hydrogen-bond acceptors (Lipinski definition) is 6. The number of aromatic nitrogens is 3. The number of likely N-dealkylation sites (N-methyl/N-ethyl adjacent to an activating group) is 1. The van der Waals surface area contributed by atoms with E-state index >= 15 is 0 Å². The van der Waals surface area contributed by atoms with Crippen LogP contribution in [0.5, 0.6) is 5.88 Å². The lowest BCUT2D eigenvalue weighted by atomic mass is 9.87. The van der Waals surface area contributed by atoms with Crippen molar-refractivity contribution < 1.29 is 14.3 Å². The Morgan fingerprint density at radius 3 is 2.84 bits per heavy atom. The highest BCUT2D eigenvalue weighted by atomic mass is 16.5. The number of ether oxygens (including phenoxy) is 1. The zero-order chi connectivity index (χ0) is 25.7. The molecule has 37 heavy (non-hydrogen) atoms. The monoisotopic (exact) mass is 498 g/mol. The summed E-state index contributed by atoms with van der Waals surface area (Å²) >= 11 is 0. The zero-order valence-corrected chi connectivity index (χ0v) is 21.1. The number of hydrogen-bond donors (Lipinski definition) is 3. The van der Waals surface area contributed by atoms with Crippen LogP contribution in [0.15, 0.2) is 37.2 Å². The van der Waals surface area contributed by atoms with E-state index in [2.05, 4.69) is 27.2 Å². The molecule has 190 valence electrons. The minimum atomic E-state index is -0.344. The van der Waals surface area contributed by atoms with Gasteiger partial charge in [-0.15, -0.1) is 0 Å². The molecule has 0 atom stereocenters. The number of nitrogens with one attached hydrogen (secondary N) is 3. The van der Waals surface area contributed by atoms with Gasteiger partial charge in [0.2, 0.25) is 11.8 Å². The number of anilines is 1. The van der Waals surface area contributed by atoms with Gasteiger partial charge in [0.15, 0.2) is 0 Å². The van der Waals surface area contributed by atoms with Crippen LogP contribution >= 0.6 is 0 Å². The second-order valence-corrected chi connectivity index (χ2v) is 10.4. The summed E-state index contributed by atoms with van der Waals surface area (Å²) in [7, 11) is 3.93. The molecule has 9 heteroatoms. The van der Waals surface area contributed by atoms with Crippen molar-refractivity contribution >= 4 is 17.5 Å². The molecule has 3 aromatic heterocycles. The summed E-state index contributed by atoms with van der Waals surface area (Å²) in [5, 5.41) is 6.04. The molecule has 3 N–H and O–H groups in total. The van der Waals surface area contributed by atoms with E-state index in [-0.39, 0.29) is 17.4 Å². The van der Waals surface area contributed by atoms with Gasteiger partial charge < -0.3 is 25.3 Å². The Labute approximate surface area is 215 Å². The number of pyridine rings is 2. The van der Waals surface area contributed by atoms with Crippen molar-refractivity contribution in [1.29, 1.82) is 0 Å². The molecule has 2 amide bonds. The Balaban J connectivity index is 1.36. The number of aromatic amines is 1. The number of rotatable bonds is 7. The van der Waals surface area contributed by atoms with Crippen molar-refractivity contribution in [2.24, 2.45) is 0 Å². The summed E-state index contributed by atoms with van der Waals surface area (Å²) in [5.41, 5.74) is 8.08. The topological polar surface area (TPSA) is 112 Å². The van der Waals surface area contributed by atoms with Gasteiger partial charge in [0.25, 0.3) is 5.91 Å². The number of amides is 2. The first-order valence-corrected chi connectivity index (χ1v) is 12.6. The van der Waals surface area contributed by atoms with E-state index in [0.717, 1.165) is 77.0 Å². The highest BCUT2D eigenvalue weighted by Crippen LogP contribution is 2.45. The first-order chi connectivity index (χ1) is 17.9. The van der Waals surface area contributed by atoms with Crippen LogP contribution in [0.3, 0.4) is 0 Å². The largest absolute Gasteiger partial charge is 0.475 e. The lowest BCUT2D eigenvalue weighted by Crippen LogP contribution is -2.43. The average Bonchev–Trinajstić information content (AvgIpc) is 3.50. The summed E-state index contributed by atoms with van der Waals surface area (Å²) in [4.78, 5) is 39.9. The minimum Gasteiger partial charge on any atom is -0.475 e. The molecule has 0 aromatic carbocycles. The third kappa shape index (κ3) is 4.29. The van der Waals surface area contributed by atoms with Crippen molar-refractivity contribution in [2.75, 3.05) is 32.6 Å². The first-order valence-electron chi connectivity index (χ1n) is 12.6. The third-order valence-electron chi connectivity index (χ3n) is 7.42. The van der Waals surface area contributed by atoms with Crippen molar-refractivity contribution in [2.45, 2.75) is 37.6 Å². The molecule has 0 saturated heterocycles. The Bertz CT molecular complexity index is 1440. The number of carbonyl (C=O) groups is 2. The second kappa shape index (κ2) is 8.85. The molecule has 1 fully saturated rings. The summed E-state index contributed by atoms with van der Waals surface area (Å²) in [6.07, 6.45) is 9.40. The molecule has 6 rings (SSSR count). The minimum absolute atomic E-state index is 0.0436. The van der Waals surface area contributed by atoms with Gasteiger partial charge in [-0.1, -0.05) is 6.58 Å². The molecular weight excluding hydrogens is 468 g/mol. The molecule has 9 nitrogen and oxygen atoms in total. The van der Waals surface area contributed by atoms with Gasteiger partial charge in [0, 0.05) is 47.7 Å². The molecule has 1 spiro atoms. The zero-order valence-electron chi connectivity index (χ0n) is 21.1. The fourth-order valence-corrected chi connectivity index (χ4v) is 5.26. The molecule has 3 aliphatic rings. The van der Waals surface area contributed by atoms with Crippen LogP contribution in [-0.4, -0.2) is 64.5 Å². The van der Waals surface area contributed by atoms with Crippen LogP contribution < -0.4 is 15.4 Å². The van der Waals surface area contributed by atoms with Crippen LogP contribution in [0.25, 0.3) is 22.5 Å². The van der Waals surface area contributed by atoms with Crippen LogP contribution in [0.4, 0.5) is 5.69 Å². The third-order valence-corrected chi connectivity index (χ3v) is 7.42. The predicted octanol–water partition coefficient (Wildman–Crippen LogP) is 3.12. The summed E-state index contributed by atoms with van der Waals surface area (Å²) in [5.74, 6) is 0.0480. The summed E-state index contributed by atoms with van der Waals surface area (Å²) < 4.78 is 5.83. The highest BCUT2D eigenvalue weighted by Gasteiger charge is 2.49. The van der Waals surface area contributed by atoms with E-state index in [9.17, 15) is 9.59 Å². The van der Waals surface area contributed by atoms with Crippen molar-refractivity contribution in [1.82, 2.24) is 25.2 Å². The van der Waals surface area contributed by atoms with Gasteiger partial charge in [-0.3, -0.25) is 14.6 Å². The Morgan fingerprint density at radius 1 is 1.24 bits per heavy atom. The number of H-pyrrole nitrogens is 1. The maximum atomic E-state index is 13.0. The molecule has 0 bridgehead atoms. The SMILES string of the molecule is C=CC(=O)Nc1cc(-c2cc3c(cn2)CCc2c-3[nH]c3c2C(=O)NC2(CC2)C3)cnc1OCCN(C)C. The molecule has 4 heterocycles. The van der Waals surface area contributed by atoms with Gasteiger partial charge in [-0.2, -0.15) is 0 Å². The number of fused-ring (bicyclic) bond motifs is 5. The average molecular weight is 499 g/mol. The van der Waals surface area contributed by atoms with E-state index in [1.807, 2.05) is 37.3 Å². The van der Waals surface area contributed by atoms with Gasteiger partial charge in [-0.25, -0.2) is 4.98 Å². The van der Waals surface area contributed by atoms with E-state index in [1.165, 1.54) is 6.08 Å². The maximum Gasteiger partial charge on any atom is 0.253 e. The number of nitrogens with zero attached hydrogens (tertiary/aromatic N) is 3. The van der Waals surface area contributed by atoms with Crippen LogP contribution in [0, 0.1) is 0 Å². The fourth-order valence-electron chi connectivity index (χ4n) is 5.26. The fraction of sp³-hybridized carbons (Fsp3) is 0.357. The van der Waals surface area contributed by atoms with Crippen molar-refractivity contribution in [3.8, 4) is 28.4 Å². The number of carbonyl (C=O) groups excluding carboxylic acids is 2. The van der Waals surface area contributed by atoms with Crippen molar-refractivity contribution in [3.05, 3.63) is 59.6 Å². The number of aryl methyl sites for hydroxylation is 1. The van der Waals surface area contributed by atoms with Crippen LogP contribution in [0.2, 0.25) is 0 Å². The van der Waals surface area contributed by atoms with Crippen LogP contribution in [-0.2, 0) is 24.1 Å². The first kappa shape index (κ1) is 23.4. The molecule has 3 aromatic rings. The Hall–Kier alpha value is -3.98. The lowest BCUT2D eigenvalue weighted by Gasteiger charge is -2.24. The molecular formula is C28H30N6O3. The summed E-state index contributed by atoms with van der Waals surface area (Å²) in [6.45, 7) is 4.69. The normalized spacial score (nSPS) is 16.5. The Morgan fingerprint density at radius 2 is 2.08 bits per heavy atom. The molecule has 1 aliphatic heterocycles. The van der Waals surface area contributed by atoms with E-state index in [1.54, 1.807) is 6.20 Å². The van der Waals surface area contributed by atoms with Gasteiger partial charge in [-0.05, 0) is 69.1 Å². The van der Waals surface area contributed by atoms with Crippen molar-refractivity contribution in [3.63, 3.8) is 0 Å². The van der Waals surface area contributed by atoms with E-state index < -0.39 is 0 Å². The predicted molar refractivity (Wildman–Crippen MR) is 141 cm³/mol. The molecule has 0 radical (unpaired) electrons. The summed E-state index contributed by atoms with van der Waals surface area (Å²) in [6, 6.07) is 3.87.